The van der Waals surface area contributed by atoms with Crippen LogP contribution in [-0.2, 0) is 11.8 Å². The Labute approximate surface area is 101 Å². The SMILES string of the molecule is CC(CNC(=O)c1c[nH]c(=O)n(C)c1=O)C(=O)O. The summed E-state index contributed by atoms with van der Waals surface area (Å²) in [6.07, 6.45) is 1.01. The minimum absolute atomic E-state index is 0.101. The zero-order valence-electron chi connectivity index (χ0n) is 9.89. The van der Waals surface area contributed by atoms with E-state index in [-0.39, 0.29) is 12.1 Å². The van der Waals surface area contributed by atoms with Crippen molar-refractivity contribution < 1.29 is 14.7 Å². The fourth-order valence-corrected chi connectivity index (χ4v) is 1.16. The van der Waals surface area contributed by atoms with Crippen molar-refractivity contribution in [3.8, 4) is 0 Å². The number of aromatic nitrogens is 2. The number of carboxylic acids is 1. The molecular formula is C10H13N3O5. The Bertz CT molecular complexity index is 586. The second kappa shape index (κ2) is 5.30. The average Bonchev–Trinajstić information content (AvgIpc) is 2.32. The number of carbonyl (C=O) groups is 2. The fourth-order valence-electron chi connectivity index (χ4n) is 1.16. The van der Waals surface area contributed by atoms with Crippen molar-refractivity contribution in [2.24, 2.45) is 13.0 Å². The van der Waals surface area contributed by atoms with Gasteiger partial charge in [-0.1, -0.05) is 6.92 Å². The topological polar surface area (TPSA) is 121 Å². The minimum atomic E-state index is -1.05. The van der Waals surface area contributed by atoms with Crippen LogP contribution in [0, 0.1) is 5.92 Å². The number of hydrogen-bond acceptors (Lipinski definition) is 4. The largest absolute Gasteiger partial charge is 0.481 e. The van der Waals surface area contributed by atoms with E-state index in [1.165, 1.54) is 14.0 Å². The Morgan fingerprint density at radius 3 is 2.67 bits per heavy atom. The van der Waals surface area contributed by atoms with Gasteiger partial charge in [-0.05, 0) is 0 Å². The van der Waals surface area contributed by atoms with Crippen molar-refractivity contribution >= 4 is 11.9 Å². The number of nitrogens with zero attached hydrogens (tertiary/aromatic N) is 1. The van der Waals surface area contributed by atoms with Crippen LogP contribution < -0.4 is 16.6 Å². The molecule has 0 aliphatic carbocycles. The molecule has 8 heteroatoms. The summed E-state index contributed by atoms with van der Waals surface area (Å²) in [6, 6.07) is 0. The molecule has 0 saturated carbocycles. The van der Waals surface area contributed by atoms with E-state index in [0.717, 1.165) is 10.8 Å². The third-order valence-corrected chi connectivity index (χ3v) is 2.41. The van der Waals surface area contributed by atoms with Gasteiger partial charge in [0.15, 0.2) is 0 Å². The number of aromatic amines is 1. The molecule has 0 saturated heterocycles. The van der Waals surface area contributed by atoms with Crippen LogP contribution in [0.2, 0.25) is 0 Å². The lowest BCUT2D eigenvalue weighted by Crippen LogP contribution is -2.40. The molecule has 0 fully saturated rings. The molecule has 0 bridgehead atoms. The minimum Gasteiger partial charge on any atom is -0.481 e. The molecule has 0 aliphatic heterocycles. The molecule has 1 amide bonds. The monoisotopic (exact) mass is 255 g/mol. The van der Waals surface area contributed by atoms with E-state index in [9.17, 15) is 19.2 Å². The number of nitrogens with one attached hydrogen (secondary N) is 2. The number of hydrogen-bond donors (Lipinski definition) is 3. The molecule has 98 valence electrons. The number of carboxylic acid groups (broad SMARTS) is 1. The van der Waals surface area contributed by atoms with Crippen LogP contribution in [-0.4, -0.2) is 33.1 Å². The van der Waals surface area contributed by atoms with Crippen molar-refractivity contribution in [1.29, 1.82) is 0 Å². The van der Waals surface area contributed by atoms with E-state index in [2.05, 4.69) is 10.3 Å². The Balaban J connectivity index is 2.87. The number of H-pyrrole nitrogens is 1. The number of amides is 1. The average molecular weight is 255 g/mol. The van der Waals surface area contributed by atoms with Crippen LogP contribution in [0.5, 0.6) is 0 Å². The summed E-state index contributed by atoms with van der Waals surface area (Å²) in [6.45, 7) is 1.32. The summed E-state index contributed by atoms with van der Waals surface area (Å²) in [4.78, 5) is 47.0. The summed E-state index contributed by atoms with van der Waals surface area (Å²) in [5.41, 5.74) is -1.61. The summed E-state index contributed by atoms with van der Waals surface area (Å²) < 4.78 is 0.759. The number of aliphatic carboxylic acids is 1. The molecule has 1 heterocycles. The zero-order chi connectivity index (χ0) is 13.9. The van der Waals surface area contributed by atoms with Gasteiger partial charge >= 0.3 is 11.7 Å². The normalized spacial score (nSPS) is 11.9. The Morgan fingerprint density at radius 2 is 2.11 bits per heavy atom. The number of rotatable bonds is 4. The first-order valence-corrected chi connectivity index (χ1v) is 5.14. The van der Waals surface area contributed by atoms with E-state index < -0.39 is 29.0 Å². The maximum atomic E-state index is 11.6. The summed E-state index contributed by atoms with van der Waals surface area (Å²) in [7, 11) is 1.23. The maximum Gasteiger partial charge on any atom is 0.328 e. The van der Waals surface area contributed by atoms with Gasteiger partial charge in [0.05, 0.1) is 5.92 Å². The Kier molecular flexibility index (Phi) is 4.03. The molecule has 1 unspecified atom stereocenters. The summed E-state index contributed by atoms with van der Waals surface area (Å²) >= 11 is 0. The molecule has 1 aromatic heterocycles. The van der Waals surface area contributed by atoms with Gasteiger partial charge in [0.25, 0.3) is 11.5 Å². The predicted molar refractivity (Wildman–Crippen MR) is 61.4 cm³/mol. The highest BCUT2D eigenvalue weighted by Crippen LogP contribution is 1.93. The van der Waals surface area contributed by atoms with Crippen LogP contribution in [0.1, 0.15) is 17.3 Å². The van der Waals surface area contributed by atoms with Crippen molar-refractivity contribution in [3.05, 3.63) is 32.6 Å². The first-order valence-electron chi connectivity index (χ1n) is 5.14. The molecule has 0 radical (unpaired) electrons. The first-order chi connectivity index (χ1) is 8.34. The van der Waals surface area contributed by atoms with Gasteiger partial charge in [-0.3, -0.25) is 19.0 Å². The van der Waals surface area contributed by atoms with Gasteiger partial charge in [-0.15, -0.1) is 0 Å². The summed E-state index contributed by atoms with van der Waals surface area (Å²) in [5.74, 6) is -2.54. The molecule has 3 N–H and O–H groups in total. The third kappa shape index (κ3) is 2.84. The lowest BCUT2D eigenvalue weighted by molar-refractivity contribution is -0.140. The van der Waals surface area contributed by atoms with Crippen molar-refractivity contribution in [3.63, 3.8) is 0 Å². The van der Waals surface area contributed by atoms with Crippen LogP contribution in [0.15, 0.2) is 15.8 Å². The van der Waals surface area contributed by atoms with E-state index in [1.54, 1.807) is 0 Å². The second-order valence-corrected chi connectivity index (χ2v) is 3.82. The highest BCUT2D eigenvalue weighted by molar-refractivity contribution is 5.93. The lowest BCUT2D eigenvalue weighted by atomic mass is 10.2. The smallest absolute Gasteiger partial charge is 0.328 e. The van der Waals surface area contributed by atoms with E-state index >= 15 is 0 Å². The van der Waals surface area contributed by atoms with Crippen molar-refractivity contribution in [2.75, 3.05) is 6.54 Å². The Hall–Kier alpha value is -2.38. The van der Waals surface area contributed by atoms with Crippen LogP contribution in [0.25, 0.3) is 0 Å². The second-order valence-electron chi connectivity index (χ2n) is 3.82. The molecule has 8 nitrogen and oxygen atoms in total. The molecule has 1 atom stereocenters. The van der Waals surface area contributed by atoms with E-state index in [4.69, 9.17) is 5.11 Å². The zero-order valence-corrected chi connectivity index (χ0v) is 9.89. The van der Waals surface area contributed by atoms with Crippen molar-refractivity contribution in [2.45, 2.75) is 6.92 Å². The number of carbonyl (C=O) groups excluding carboxylic acids is 1. The molecular weight excluding hydrogens is 242 g/mol. The summed E-state index contributed by atoms with van der Waals surface area (Å²) in [5, 5.41) is 10.9. The molecule has 0 aliphatic rings. The van der Waals surface area contributed by atoms with Crippen LogP contribution in [0.4, 0.5) is 0 Å². The quantitative estimate of drug-likeness (QED) is 0.606. The van der Waals surface area contributed by atoms with E-state index in [1.807, 2.05) is 0 Å². The van der Waals surface area contributed by atoms with Crippen LogP contribution in [0.3, 0.4) is 0 Å². The molecule has 0 spiro atoms. The molecule has 1 aromatic rings. The molecule has 18 heavy (non-hydrogen) atoms. The lowest BCUT2D eigenvalue weighted by Gasteiger charge is -2.08. The fraction of sp³-hybridized carbons (Fsp3) is 0.400. The maximum absolute atomic E-state index is 11.6. The van der Waals surface area contributed by atoms with Gasteiger partial charge in [0.1, 0.15) is 5.56 Å². The highest BCUT2D eigenvalue weighted by atomic mass is 16.4. The van der Waals surface area contributed by atoms with Gasteiger partial charge in [0, 0.05) is 19.8 Å². The van der Waals surface area contributed by atoms with Gasteiger partial charge in [0.2, 0.25) is 0 Å². The predicted octanol–water partition coefficient (Wildman–Crippen LogP) is -1.48. The standard InChI is InChI=1S/C10H13N3O5/c1-5(9(16)17)3-11-7(14)6-4-12-10(18)13(2)8(6)15/h4-5H,3H2,1-2H3,(H,11,14)(H,12,18)(H,16,17). The van der Waals surface area contributed by atoms with Crippen molar-refractivity contribution in [1.82, 2.24) is 14.9 Å². The third-order valence-electron chi connectivity index (χ3n) is 2.41. The van der Waals surface area contributed by atoms with Gasteiger partial charge in [-0.25, -0.2) is 4.79 Å². The van der Waals surface area contributed by atoms with Gasteiger partial charge < -0.3 is 15.4 Å². The van der Waals surface area contributed by atoms with Gasteiger partial charge in [-0.2, -0.15) is 0 Å². The first kappa shape index (κ1) is 13.7. The van der Waals surface area contributed by atoms with Crippen LogP contribution >= 0.6 is 0 Å². The van der Waals surface area contributed by atoms with E-state index in [0.29, 0.717) is 0 Å². The highest BCUT2D eigenvalue weighted by Gasteiger charge is 2.16. The Morgan fingerprint density at radius 1 is 1.50 bits per heavy atom. The molecule has 1 rings (SSSR count). The molecule has 0 aromatic carbocycles.